The Bertz CT molecular complexity index is 70.5. The van der Waals surface area contributed by atoms with Crippen molar-refractivity contribution in [2.24, 2.45) is 5.92 Å². The van der Waals surface area contributed by atoms with Crippen LogP contribution in [0.25, 0.3) is 0 Å². The standard InChI is InChI=1S/C6H14O.C5H12O/c1-3-4-6(2)5-7;1-2-3-4-5-6/h6-7H,3-5H2,1-2H3;6H,2-5H2,1H3. The molecule has 0 aromatic rings. The number of unbranched alkanes of at least 4 members (excludes halogenated alkanes) is 2. The Morgan fingerprint density at radius 1 is 1.00 bits per heavy atom. The first-order chi connectivity index (χ1) is 6.22. The highest BCUT2D eigenvalue weighted by molar-refractivity contribution is 4.45. The molecule has 0 rings (SSSR count). The molecular formula is C11H26O2. The van der Waals surface area contributed by atoms with Crippen molar-refractivity contribution in [2.45, 2.75) is 52.9 Å². The first-order valence-corrected chi connectivity index (χ1v) is 5.44. The summed E-state index contributed by atoms with van der Waals surface area (Å²) < 4.78 is 0. The van der Waals surface area contributed by atoms with Crippen molar-refractivity contribution in [3.63, 3.8) is 0 Å². The number of rotatable bonds is 6. The molecule has 0 saturated heterocycles. The van der Waals surface area contributed by atoms with Crippen LogP contribution in [-0.2, 0) is 0 Å². The molecule has 0 fully saturated rings. The molecule has 0 spiro atoms. The zero-order valence-electron chi connectivity index (χ0n) is 9.42. The van der Waals surface area contributed by atoms with Crippen molar-refractivity contribution < 1.29 is 10.2 Å². The summed E-state index contributed by atoms with van der Waals surface area (Å²) in [4.78, 5) is 0. The van der Waals surface area contributed by atoms with E-state index in [4.69, 9.17) is 10.2 Å². The van der Waals surface area contributed by atoms with E-state index in [0.29, 0.717) is 19.1 Å². The normalized spacial score (nSPS) is 11.8. The Morgan fingerprint density at radius 3 is 1.77 bits per heavy atom. The fourth-order valence-corrected chi connectivity index (χ4v) is 0.946. The highest BCUT2D eigenvalue weighted by Gasteiger charge is 1.94. The fourth-order valence-electron chi connectivity index (χ4n) is 0.946. The molecule has 13 heavy (non-hydrogen) atoms. The highest BCUT2D eigenvalue weighted by atomic mass is 16.3. The van der Waals surface area contributed by atoms with Crippen molar-refractivity contribution in [2.75, 3.05) is 13.2 Å². The van der Waals surface area contributed by atoms with Gasteiger partial charge in [-0.3, -0.25) is 0 Å². The summed E-state index contributed by atoms with van der Waals surface area (Å²) in [7, 11) is 0. The average Bonchev–Trinajstić information content (AvgIpc) is 2.16. The van der Waals surface area contributed by atoms with Crippen LogP contribution in [0.4, 0.5) is 0 Å². The summed E-state index contributed by atoms with van der Waals surface area (Å²) in [5, 5.41) is 16.7. The van der Waals surface area contributed by atoms with Crippen LogP contribution >= 0.6 is 0 Å². The third kappa shape index (κ3) is 18.7. The molecule has 0 aliphatic rings. The van der Waals surface area contributed by atoms with Gasteiger partial charge in [0.1, 0.15) is 0 Å². The summed E-state index contributed by atoms with van der Waals surface area (Å²) in [5.74, 6) is 0.505. The quantitative estimate of drug-likeness (QED) is 0.632. The van der Waals surface area contributed by atoms with Gasteiger partial charge in [0, 0.05) is 13.2 Å². The summed E-state index contributed by atoms with van der Waals surface area (Å²) in [6.45, 7) is 7.01. The molecule has 2 heteroatoms. The zero-order valence-corrected chi connectivity index (χ0v) is 9.42. The van der Waals surface area contributed by atoms with Crippen molar-refractivity contribution >= 4 is 0 Å². The lowest BCUT2D eigenvalue weighted by molar-refractivity contribution is 0.229. The van der Waals surface area contributed by atoms with Gasteiger partial charge in [-0.2, -0.15) is 0 Å². The maximum Gasteiger partial charge on any atom is 0.0456 e. The van der Waals surface area contributed by atoms with Crippen molar-refractivity contribution in [1.82, 2.24) is 0 Å². The Labute approximate surface area is 83.0 Å². The van der Waals surface area contributed by atoms with E-state index in [1.807, 2.05) is 0 Å². The van der Waals surface area contributed by atoms with Crippen molar-refractivity contribution in [1.29, 1.82) is 0 Å². The monoisotopic (exact) mass is 190 g/mol. The molecule has 0 aliphatic carbocycles. The Kier molecular flexibility index (Phi) is 17.1. The molecule has 0 amide bonds. The fraction of sp³-hybridized carbons (Fsp3) is 1.00. The third-order valence-corrected chi connectivity index (χ3v) is 1.85. The average molecular weight is 190 g/mol. The minimum atomic E-state index is 0.341. The Morgan fingerprint density at radius 2 is 1.62 bits per heavy atom. The van der Waals surface area contributed by atoms with E-state index < -0.39 is 0 Å². The van der Waals surface area contributed by atoms with E-state index in [1.165, 1.54) is 12.8 Å². The molecule has 1 unspecified atom stereocenters. The molecular weight excluding hydrogens is 164 g/mol. The lowest BCUT2D eigenvalue weighted by atomic mass is 10.1. The summed E-state index contributed by atoms with van der Waals surface area (Å²) in [6.07, 6.45) is 5.66. The van der Waals surface area contributed by atoms with Crippen LogP contribution in [-0.4, -0.2) is 23.4 Å². The zero-order chi connectivity index (χ0) is 10.5. The van der Waals surface area contributed by atoms with E-state index in [9.17, 15) is 0 Å². The molecule has 0 radical (unpaired) electrons. The Balaban J connectivity index is 0. The molecule has 1 atom stereocenters. The molecule has 0 bridgehead atoms. The van der Waals surface area contributed by atoms with Gasteiger partial charge in [-0.15, -0.1) is 0 Å². The lowest BCUT2D eigenvalue weighted by Crippen LogP contribution is -1.98. The molecule has 0 aromatic heterocycles. The van der Waals surface area contributed by atoms with Crippen LogP contribution in [0.15, 0.2) is 0 Å². The van der Waals surface area contributed by atoms with Crippen LogP contribution in [0.2, 0.25) is 0 Å². The van der Waals surface area contributed by atoms with Gasteiger partial charge in [-0.05, 0) is 18.8 Å². The summed E-state index contributed by atoms with van der Waals surface area (Å²) in [6, 6.07) is 0. The van der Waals surface area contributed by atoms with Gasteiger partial charge < -0.3 is 10.2 Å². The van der Waals surface area contributed by atoms with Crippen LogP contribution < -0.4 is 0 Å². The molecule has 2 N–H and O–H groups in total. The SMILES string of the molecule is CCCC(C)CO.CCCCCO. The van der Waals surface area contributed by atoms with E-state index in [2.05, 4.69) is 20.8 Å². The minimum absolute atomic E-state index is 0.341. The van der Waals surface area contributed by atoms with E-state index in [1.54, 1.807) is 0 Å². The minimum Gasteiger partial charge on any atom is -0.396 e. The number of aliphatic hydroxyl groups excluding tert-OH is 2. The van der Waals surface area contributed by atoms with Crippen LogP contribution in [0.5, 0.6) is 0 Å². The first-order valence-electron chi connectivity index (χ1n) is 5.44. The highest BCUT2D eigenvalue weighted by Crippen LogP contribution is 2.01. The van der Waals surface area contributed by atoms with Gasteiger partial charge in [0.25, 0.3) is 0 Å². The second kappa shape index (κ2) is 14.4. The summed E-state index contributed by atoms with van der Waals surface area (Å²) in [5.41, 5.74) is 0. The van der Waals surface area contributed by atoms with E-state index in [0.717, 1.165) is 19.3 Å². The smallest absolute Gasteiger partial charge is 0.0456 e. The molecule has 0 saturated carbocycles. The van der Waals surface area contributed by atoms with Crippen molar-refractivity contribution in [3.8, 4) is 0 Å². The van der Waals surface area contributed by atoms with Gasteiger partial charge in [0.15, 0.2) is 0 Å². The van der Waals surface area contributed by atoms with Crippen molar-refractivity contribution in [3.05, 3.63) is 0 Å². The van der Waals surface area contributed by atoms with Gasteiger partial charge in [0.2, 0.25) is 0 Å². The van der Waals surface area contributed by atoms with Crippen LogP contribution in [0.1, 0.15) is 52.9 Å². The Hall–Kier alpha value is -0.0800. The molecule has 0 heterocycles. The van der Waals surface area contributed by atoms with Gasteiger partial charge in [0.05, 0.1) is 0 Å². The second-order valence-corrected chi connectivity index (χ2v) is 3.51. The van der Waals surface area contributed by atoms with Crippen LogP contribution in [0, 0.1) is 5.92 Å². The number of hydrogen-bond acceptors (Lipinski definition) is 2. The molecule has 0 aromatic carbocycles. The van der Waals surface area contributed by atoms with Gasteiger partial charge in [-0.25, -0.2) is 0 Å². The predicted octanol–water partition coefficient (Wildman–Crippen LogP) is 2.58. The largest absolute Gasteiger partial charge is 0.396 e. The molecule has 2 nitrogen and oxygen atoms in total. The maximum atomic E-state index is 8.47. The predicted molar refractivity (Wildman–Crippen MR) is 57.8 cm³/mol. The van der Waals surface area contributed by atoms with E-state index in [-0.39, 0.29) is 0 Å². The topological polar surface area (TPSA) is 40.5 Å². The maximum absolute atomic E-state index is 8.47. The first kappa shape index (κ1) is 15.4. The van der Waals surface area contributed by atoms with Gasteiger partial charge >= 0.3 is 0 Å². The molecule has 0 aliphatic heterocycles. The lowest BCUT2D eigenvalue weighted by Gasteiger charge is -2.01. The summed E-state index contributed by atoms with van der Waals surface area (Å²) >= 11 is 0. The third-order valence-electron chi connectivity index (χ3n) is 1.85. The second-order valence-electron chi connectivity index (χ2n) is 3.51. The van der Waals surface area contributed by atoms with E-state index >= 15 is 0 Å². The number of hydrogen-bond donors (Lipinski definition) is 2. The number of aliphatic hydroxyl groups is 2. The van der Waals surface area contributed by atoms with Gasteiger partial charge in [-0.1, -0.05) is 40.0 Å². The van der Waals surface area contributed by atoms with Crippen LogP contribution in [0.3, 0.4) is 0 Å². The molecule has 82 valence electrons.